The van der Waals surface area contributed by atoms with Crippen LogP contribution in [0.3, 0.4) is 0 Å². The van der Waals surface area contributed by atoms with E-state index in [1.165, 1.54) is 19.3 Å². The minimum absolute atomic E-state index is 0.182. The van der Waals surface area contributed by atoms with Crippen LogP contribution in [0.25, 0.3) is 22.4 Å². The van der Waals surface area contributed by atoms with E-state index in [2.05, 4.69) is 51.5 Å². The molecule has 2 aliphatic heterocycles. The molecule has 31 heavy (non-hydrogen) atoms. The zero-order valence-electron chi connectivity index (χ0n) is 18.4. The zero-order valence-corrected chi connectivity index (χ0v) is 18.4. The molecule has 5 rings (SSSR count). The van der Waals surface area contributed by atoms with E-state index in [1.807, 2.05) is 24.3 Å². The number of nitrogens with zero attached hydrogens (tertiary/aromatic N) is 4. The Morgan fingerprint density at radius 2 is 1.81 bits per heavy atom. The molecule has 0 amide bonds. The van der Waals surface area contributed by atoms with E-state index >= 15 is 0 Å². The minimum atomic E-state index is 0.182. The Labute approximate surface area is 182 Å². The van der Waals surface area contributed by atoms with Gasteiger partial charge in [0.25, 0.3) is 0 Å². The summed E-state index contributed by atoms with van der Waals surface area (Å²) in [5.74, 6) is 1.05. The van der Waals surface area contributed by atoms with Gasteiger partial charge >= 0.3 is 0 Å². The molecular weight excluding hydrogens is 388 g/mol. The summed E-state index contributed by atoms with van der Waals surface area (Å²) in [6, 6.07) is 9.94. The van der Waals surface area contributed by atoms with Crippen molar-refractivity contribution in [1.29, 1.82) is 0 Å². The third-order valence-corrected chi connectivity index (χ3v) is 7.10. The number of aromatic nitrogens is 4. The van der Waals surface area contributed by atoms with Gasteiger partial charge < -0.3 is 15.3 Å². The van der Waals surface area contributed by atoms with Crippen molar-refractivity contribution in [2.24, 2.45) is 0 Å². The van der Waals surface area contributed by atoms with Gasteiger partial charge in [0, 0.05) is 41.5 Å². The van der Waals surface area contributed by atoms with Gasteiger partial charge in [0.2, 0.25) is 0 Å². The summed E-state index contributed by atoms with van der Waals surface area (Å²) in [4.78, 5) is 2.28. The number of hydrogen-bond acceptors (Lipinski definition) is 6. The SMILES string of the molecule is CN(c1ccc(-c2ccc(-c3cn[nH]c3)cc2O)nn1)C1CC2(C)CCC[C@@](C)(C1)N2. The van der Waals surface area contributed by atoms with E-state index in [0.29, 0.717) is 17.3 Å². The molecule has 7 heteroatoms. The van der Waals surface area contributed by atoms with Crippen LogP contribution in [0.2, 0.25) is 0 Å². The van der Waals surface area contributed by atoms with Crippen molar-refractivity contribution in [3.63, 3.8) is 0 Å². The Kier molecular flexibility index (Phi) is 4.73. The average Bonchev–Trinajstić information content (AvgIpc) is 3.27. The molecule has 3 N–H and O–H groups in total. The number of fused-ring (bicyclic) bond motifs is 2. The number of aromatic amines is 1. The first-order chi connectivity index (χ1) is 14.8. The highest BCUT2D eigenvalue weighted by atomic mass is 16.3. The summed E-state index contributed by atoms with van der Waals surface area (Å²) in [5, 5.41) is 30.2. The highest BCUT2D eigenvalue weighted by molar-refractivity contribution is 5.73. The maximum absolute atomic E-state index is 10.6. The zero-order chi connectivity index (χ0) is 21.6. The number of piperidine rings is 2. The first kappa shape index (κ1) is 20.0. The largest absolute Gasteiger partial charge is 0.507 e. The van der Waals surface area contributed by atoms with E-state index in [-0.39, 0.29) is 16.8 Å². The summed E-state index contributed by atoms with van der Waals surface area (Å²) < 4.78 is 0. The molecule has 2 saturated heterocycles. The lowest BCUT2D eigenvalue weighted by molar-refractivity contribution is 0.0784. The number of nitrogens with one attached hydrogen (secondary N) is 2. The fourth-order valence-electron chi connectivity index (χ4n) is 5.60. The monoisotopic (exact) mass is 418 g/mol. The van der Waals surface area contributed by atoms with Crippen LogP contribution in [-0.2, 0) is 0 Å². The summed E-state index contributed by atoms with van der Waals surface area (Å²) >= 11 is 0. The summed E-state index contributed by atoms with van der Waals surface area (Å²) in [6.45, 7) is 4.71. The number of rotatable bonds is 4. The Morgan fingerprint density at radius 1 is 1.03 bits per heavy atom. The van der Waals surface area contributed by atoms with Crippen LogP contribution in [-0.4, -0.2) is 49.7 Å². The molecule has 2 aromatic heterocycles. The highest BCUT2D eigenvalue weighted by Crippen LogP contribution is 2.42. The fourth-order valence-corrected chi connectivity index (χ4v) is 5.60. The number of anilines is 1. The third kappa shape index (κ3) is 3.78. The lowest BCUT2D eigenvalue weighted by Gasteiger charge is -2.55. The van der Waals surface area contributed by atoms with Crippen LogP contribution < -0.4 is 10.2 Å². The molecule has 3 aromatic rings. The third-order valence-electron chi connectivity index (χ3n) is 7.10. The number of benzene rings is 1. The van der Waals surface area contributed by atoms with Gasteiger partial charge in [-0.2, -0.15) is 5.10 Å². The van der Waals surface area contributed by atoms with Crippen LogP contribution >= 0.6 is 0 Å². The highest BCUT2D eigenvalue weighted by Gasteiger charge is 2.46. The molecule has 3 atom stereocenters. The molecule has 1 aromatic carbocycles. The average molecular weight is 419 g/mol. The molecule has 2 fully saturated rings. The van der Waals surface area contributed by atoms with Crippen LogP contribution in [0, 0.1) is 0 Å². The second kappa shape index (κ2) is 7.34. The quantitative estimate of drug-likeness (QED) is 0.590. The van der Waals surface area contributed by atoms with Crippen molar-refractivity contribution >= 4 is 5.82 Å². The van der Waals surface area contributed by atoms with E-state index in [9.17, 15) is 5.11 Å². The van der Waals surface area contributed by atoms with Crippen LogP contribution in [0.4, 0.5) is 5.82 Å². The van der Waals surface area contributed by atoms with Crippen molar-refractivity contribution in [3.05, 3.63) is 42.7 Å². The minimum Gasteiger partial charge on any atom is -0.507 e. The fraction of sp³-hybridized carbons (Fsp3) is 0.458. The van der Waals surface area contributed by atoms with Gasteiger partial charge in [0.15, 0.2) is 5.82 Å². The summed E-state index contributed by atoms with van der Waals surface area (Å²) in [7, 11) is 2.12. The predicted molar refractivity (Wildman–Crippen MR) is 122 cm³/mol. The molecule has 0 radical (unpaired) electrons. The van der Waals surface area contributed by atoms with Crippen molar-refractivity contribution in [2.75, 3.05) is 11.9 Å². The molecule has 2 unspecified atom stereocenters. The van der Waals surface area contributed by atoms with Gasteiger partial charge in [-0.15, -0.1) is 10.2 Å². The topological polar surface area (TPSA) is 90.0 Å². The Morgan fingerprint density at radius 3 is 2.42 bits per heavy atom. The lowest BCUT2D eigenvalue weighted by atomic mass is 9.69. The predicted octanol–water partition coefficient (Wildman–Crippen LogP) is 4.13. The van der Waals surface area contributed by atoms with Crippen molar-refractivity contribution in [1.82, 2.24) is 25.7 Å². The normalized spacial score (nSPS) is 27.8. The van der Waals surface area contributed by atoms with Gasteiger partial charge in [0.05, 0.1) is 11.9 Å². The van der Waals surface area contributed by atoms with Gasteiger partial charge in [-0.3, -0.25) is 5.10 Å². The summed E-state index contributed by atoms with van der Waals surface area (Å²) in [5.41, 5.74) is 3.55. The van der Waals surface area contributed by atoms with Gasteiger partial charge in [-0.05, 0) is 75.8 Å². The van der Waals surface area contributed by atoms with E-state index < -0.39 is 0 Å². The Balaban J connectivity index is 1.35. The van der Waals surface area contributed by atoms with Gasteiger partial charge in [-0.1, -0.05) is 6.07 Å². The van der Waals surface area contributed by atoms with E-state index in [0.717, 1.165) is 29.8 Å². The standard InChI is InChI=1S/C24H30N6O/c1-23-9-4-10-24(2,29-23)13-18(12-23)30(3)22-8-7-20(27-28-22)19-6-5-16(11-21(19)31)17-14-25-26-15-17/h5-8,11,14-15,18,29,31H,4,9-10,12-13H2,1-3H3,(H,25,26)/t18?,23-,24?/m0/s1. The smallest absolute Gasteiger partial charge is 0.151 e. The molecule has 0 saturated carbocycles. The van der Waals surface area contributed by atoms with Crippen LogP contribution in [0.1, 0.15) is 46.0 Å². The van der Waals surface area contributed by atoms with E-state index in [4.69, 9.17) is 0 Å². The number of aromatic hydroxyl groups is 1. The maximum Gasteiger partial charge on any atom is 0.151 e. The molecule has 2 aliphatic rings. The van der Waals surface area contributed by atoms with Crippen molar-refractivity contribution in [3.8, 4) is 28.1 Å². The van der Waals surface area contributed by atoms with E-state index in [1.54, 1.807) is 18.5 Å². The first-order valence-corrected chi connectivity index (χ1v) is 11.0. The van der Waals surface area contributed by atoms with Gasteiger partial charge in [0.1, 0.15) is 5.75 Å². The van der Waals surface area contributed by atoms with Crippen molar-refractivity contribution < 1.29 is 5.11 Å². The molecule has 4 heterocycles. The number of phenols is 1. The molecule has 7 nitrogen and oxygen atoms in total. The van der Waals surface area contributed by atoms with Crippen molar-refractivity contribution in [2.45, 2.75) is 63.1 Å². The molecule has 162 valence electrons. The van der Waals surface area contributed by atoms with Gasteiger partial charge in [-0.25, -0.2) is 0 Å². The number of hydrogen-bond donors (Lipinski definition) is 3. The second-order valence-corrected chi connectivity index (χ2v) is 9.77. The molecule has 2 bridgehead atoms. The number of phenolic OH excluding ortho intramolecular Hbond substituents is 1. The Bertz CT molecular complexity index is 1050. The van der Waals surface area contributed by atoms with Crippen LogP contribution in [0.5, 0.6) is 5.75 Å². The second-order valence-electron chi connectivity index (χ2n) is 9.77. The number of H-pyrrole nitrogens is 1. The Hall–Kier alpha value is -2.93. The molecule has 0 aliphatic carbocycles. The molecule has 0 spiro atoms. The molecular formula is C24H30N6O. The maximum atomic E-state index is 10.6. The van der Waals surface area contributed by atoms with Crippen LogP contribution in [0.15, 0.2) is 42.7 Å². The first-order valence-electron chi connectivity index (χ1n) is 11.0. The summed E-state index contributed by atoms with van der Waals surface area (Å²) in [6.07, 6.45) is 9.51. The lowest BCUT2D eigenvalue weighted by Crippen LogP contribution is -2.66.